The molecule has 0 radical (unpaired) electrons. The molecule has 256 valence electrons. The molecule has 48 heavy (non-hydrogen) atoms. The van der Waals surface area contributed by atoms with Gasteiger partial charge in [-0.05, 0) is 79.2 Å². The van der Waals surface area contributed by atoms with Crippen LogP contribution in [0.25, 0.3) is 10.3 Å². The van der Waals surface area contributed by atoms with Crippen LogP contribution in [0, 0.1) is 11.3 Å². The second-order valence-corrected chi connectivity index (χ2v) is 16.2. The number of hydrogen-bond acceptors (Lipinski definition) is 9. The molecular weight excluding hydrogens is 628 g/mol. The van der Waals surface area contributed by atoms with Crippen LogP contribution in [0.4, 0.5) is 4.79 Å². The minimum Gasteiger partial charge on any atom is -0.447 e. The molecule has 0 saturated carbocycles. The lowest BCUT2D eigenvalue weighted by molar-refractivity contribution is 0.00232. The van der Waals surface area contributed by atoms with Crippen LogP contribution in [0.5, 0.6) is 0 Å². The Morgan fingerprint density at radius 1 is 1.15 bits per heavy atom. The lowest BCUT2D eigenvalue weighted by Crippen LogP contribution is -2.70. The number of carbonyl (C=O) groups excluding carboxylic acids is 3. The molecule has 5 heterocycles. The second kappa shape index (κ2) is 12.7. The number of amides is 3. The van der Waals surface area contributed by atoms with Crippen LogP contribution in [0.1, 0.15) is 89.5 Å². The van der Waals surface area contributed by atoms with E-state index in [-0.39, 0.29) is 42.1 Å². The number of benzene rings is 1. The molecule has 3 aromatic rings. The number of aliphatic hydroxyl groups excluding tert-OH is 1. The third kappa shape index (κ3) is 6.42. The predicted octanol–water partition coefficient (Wildman–Crippen LogP) is 4.44. The Balaban J connectivity index is 1.09. The molecule has 3 saturated heterocycles. The molecule has 11 nitrogen and oxygen atoms in total. The van der Waals surface area contributed by atoms with Gasteiger partial charge in [0.25, 0.3) is 11.8 Å². The van der Waals surface area contributed by atoms with Crippen LogP contribution in [0.15, 0.2) is 30.3 Å². The van der Waals surface area contributed by atoms with Gasteiger partial charge in [0.1, 0.15) is 22.5 Å². The van der Waals surface area contributed by atoms with E-state index in [9.17, 15) is 19.5 Å². The molecule has 0 bridgehead atoms. The van der Waals surface area contributed by atoms with Crippen molar-refractivity contribution in [2.75, 3.05) is 46.4 Å². The highest BCUT2D eigenvalue weighted by molar-refractivity contribution is 7.19. The number of piperidine rings is 1. The summed E-state index contributed by atoms with van der Waals surface area (Å²) in [6.45, 7) is 10.4. The summed E-state index contributed by atoms with van der Waals surface area (Å²) < 4.78 is 5.21. The van der Waals surface area contributed by atoms with E-state index in [0.29, 0.717) is 36.0 Å². The maximum absolute atomic E-state index is 13.8. The molecular formula is C36H46N6O5S. The van der Waals surface area contributed by atoms with Gasteiger partial charge in [0.2, 0.25) is 0 Å². The highest BCUT2D eigenvalue weighted by atomic mass is 32.1. The number of aromatic nitrogens is 2. The summed E-state index contributed by atoms with van der Waals surface area (Å²) >= 11 is 1.33. The number of aliphatic hydroxyl groups is 1. The van der Waals surface area contributed by atoms with E-state index in [1.54, 1.807) is 22.9 Å². The molecule has 4 aliphatic rings. The van der Waals surface area contributed by atoms with Crippen LogP contribution in [0.3, 0.4) is 0 Å². The molecule has 2 atom stereocenters. The number of pyridine rings is 1. The van der Waals surface area contributed by atoms with Gasteiger partial charge in [-0.2, -0.15) is 0 Å². The van der Waals surface area contributed by atoms with E-state index in [2.05, 4.69) is 37.1 Å². The number of ether oxygens (including phenoxy) is 1. The summed E-state index contributed by atoms with van der Waals surface area (Å²) in [5, 5.41) is 13.6. The molecule has 1 unspecified atom stereocenters. The molecule has 1 spiro atoms. The number of carbonyl (C=O) groups is 3. The topological polar surface area (TPSA) is 128 Å². The molecule has 7 rings (SSSR count). The van der Waals surface area contributed by atoms with Crippen molar-refractivity contribution in [2.24, 2.45) is 11.3 Å². The van der Waals surface area contributed by atoms with Crippen molar-refractivity contribution in [3.8, 4) is 0 Å². The molecule has 3 fully saturated rings. The lowest BCUT2D eigenvalue weighted by Gasteiger charge is -2.49. The first-order chi connectivity index (χ1) is 22.9. The first kappa shape index (κ1) is 32.9. The molecule has 3 amide bonds. The van der Waals surface area contributed by atoms with Gasteiger partial charge >= 0.3 is 6.09 Å². The standard InChI is InChI=1S/C36H46N6O5S/c1-35(2,3)25-8-9-27-24(17-25)18-29-31(38-27)48-32(39-29)30(44)37-28(12-15-41-13-10-26(43)11-14-41)22-6-5-7-23(16-22)33(45)42-19-36(20-42)21-47-34(46)40(36)4/h5-7,16,18,25-26,28,43H,8-15,17,19-21H2,1-4H3,(H,37,44)/t25-,28?/m0/s1. The maximum atomic E-state index is 13.8. The van der Waals surface area contributed by atoms with E-state index in [1.165, 1.54) is 16.9 Å². The Morgan fingerprint density at radius 2 is 1.92 bits per heavy atom. The minimum absolute atomic E-state index is 0.111. The number of likely N-dealkylation sites (N-methyl/N-ethyl adjacent to an activating group) is 1. The number of rotatable bonds is 7. The fourth-order valence-electron chi connectivity index (χ4n) is 7.61. The summed E-state index contributed by atoms with van der Waals surface area (Å²) in [6.07, 6.45) is 4.54. The number of thiazole rings is 1. The summed E-state index contributed by atoms with van der Waals surface area (Å²) in [5.74, 6) is 0.222. The van der Waals surface area contributed by atoms with Crippen molar-refractivity contribution < 1.29 is 24.2 Å². The van der Waals surface area contributed by atoms with Gasteiger partial charge in [-0.1, -0.05) is 44.2 Å². The quantitative estimate of drug-likeness (QED) is 0.377. The normalized spacial score (nSPS) is 22.0. The average molecular weight is 675 g/mol. The first-order valence-corrected chi connectivity index (χ1v) is 18.0. The second-order valence-electron chi connectivity index (χ2n) is 15.3. The van der Waals surface area contributed by atoms with E-state index < -0.39 is 5.54 Å². The molecule has 2 N–H and O–H groups in total. The fraction of sp³-hybridized carbons (Fsp3) is 0.583. The van der Waals surface area contributed by atoms with Gasteiger partial charge in [-0.25, -0.2) is 14.8 Å². The highest BCUT2D eigenvalue weighted by Crippen LogP contribution is 2.38. The van der Waals surface area contributed by atoms with Crippen LogP contribution in [-0.2, 0) is 17.6 Å². The molecule has 1 aliphatic carbocycles. The summed E-state index contributed by atoms with van der Waals surface area (Å²) in [7, 11) is 1.71. The van der Waals surface area contributed by atoms with Crippen LogP contribution < -0.4 is 5.32 Å². The average Bonchev–Trinajstić information content (AvgIpc) is 3.60. The van der Waals surface area contributed by atoms with E-state index >= 15 is 0 Å². The van der Waals surface area contributed by atoms with Gasteiger partial charge in [0, 0.05) is 51.0 Å². The number of nitrogens with zero attached hydrogens (tertiary/aromatic N) is 5. The van der Waals surface area contributed by atoms with Gasteiger partial charge in [-0.3, -0.25) is 14.5 Å². The Kier molecular flexibility index (Phi) is 8.70. The third-order valence-corrected chi connectivity index (χ3v) is 12.0. The van der Waals surface area contributed by atoms with Gasteiger partial charge in [-0.15, -0.1) is 0 Å². The number of fused-ring (bicyclic) bond motifs is 2. The molecule has 1 aromatic carbocycles. The predicted molar refractivity (Wildman–Crippen MR) is 183 cm³/mol. The Morgan fingerprint density at radius 3 is 2.62 bits per heavy atom. The van der Waals surface area contributed by atoms with Crippen LogP contribution >= 0.6 is 11.3 Å². The number of hydrogen-bond donors (Lipinski definition) is 2. The van der Waals surface area contributed by atoms with E-state index in [4.69, 9.17) is 14.7 Å². The van der Waals surface area contributed by atoms with Crippen molar-refractivity contribution >= 4 is 39.6 Å². The van der Waals surface area contributed by atoms with Crippen LogP contribution in [-0.4, -0.2) is 106 Å². The number of nitrogens with one attached hydrogen (secondary N) is 1. The molecule has 12 heteroatoms. The number of aryl methyl sites for hydroxylation is 1. The smallest absolute Gasteiger partial charge is 0.410 e. The minimum atomic E-state index is -0.456. The maximum Gasteiger partial charge on any atom is 0.410 e. The lowest BCUT2D eigenvalue weighted by atomic mass is 9.71. The highest BCUT2D eigenvalue weighted by Gasteiger charge is 2.55. The summed E-state index contributed by atoms with van der Waals surface area (Å²) in [4.78, 5) is 55.4. The van der Waals surface area contributed by atoms with Crippen molar-refractivity contribution in [1.82, 2.24) is 30.0 Å². The summed E-state index contributed by atoms with van der Waals surface area (Å²) in [5.41, 5.74) is 4.29. The van der Waals surface area contributed by atoms with Crippen LogP contribution in [0.2, 0.25) is 0 Å². The molecule has 2 aromatic heterocycles. The summed E-state index contributed by atoms with van der Waals surface area (Å²) in [6, 6.07) is 9.26. The number of cyclic esters (lactones) is 1. The number of likely N-dealkylation sites (tertiary alicyclic amines) is 2. The SMILES string of the molecule is CN1C(=O)OCC12CN(C(=O)c1cccc(C(CCN3CCC(O)CC3)NC(=O)c3nc4cc5c(nc4s3)CC[C@H](C(C)(C)C)C5)c1)C2. The van der Waals surface area contributed by atoms with Crippen molar-refractivity contribution in [1.29, 1.82) is 0 Å². The Labute approximate surface area is 285 Å². The van der Waals surface area contributed by atoms with E-state index in [0.717, 1.165) is 73.3 Å². The van der Waals surface area contributed by atoms with Gasteiger partial charge < -0.3 is 25.0 Å². The van der Waals surface area contributed by atoms with E-state index in [1.807, 2.05) is 18.2 Å². The zero-order chi connectivity index (χ0) is 33.8. The van der Waals surface area contributed by atoms with Gasteiger partial charge in [0.05, 0.1) is 12.1 Å². The third-order valence-electron chi connectivity index (χ3n) is 11.0. The van der Waals surface area contributed by atoms with Crippen molar-refractivity contribution in [3.63, 3.8) is 0 Å². The monoisotopic (exact) mass is 674 g/mol. The Bertz CT molecular complexity index is 1720. The first-order valence-electron chi connectivity index (χ1n) is 17.2. The zero-order valence-electron chi connectivity index (χ0n) is 28.3. The fourth-order valence-corrected chi connectivity index (χ4v) is 8.45. The zero-order valence-corrected chi connectivity index (χ0v) is 29.1. The largest absolute Gasteiger partial charge is 0.447 e. The molecule has 3 aliphatic heterocycles. The van der Waals surface area contributed by atoms with Crippen molar-refractivity contribution in [2.45, 2.75) is 77.0 Å². The van der Waals surface area contributed by atoms with Crippen molar-refractivity contribution in [3.05, 3.63) is 57.7 Å². The van der Waals surface area contributed by atoms with Gasteiger partial charge in [0.15, 0.2) is 5.01 Å². The Hall–Kier alpha value is -3.61.